The quantitative estimate of drug-likeness (QED) is 0.412. The summed E-state index contributed by atoms with van der Waals surface area (Å²) in [5.41, 5.74) is 2.60. The number of hydrogen-bond acceptors (Lipinski definition) is 1. The Labute approximate surface area is 193 Å². The van der Waals surface area contributed by atoms with Crippen molar-refractivity contribution in [1.82, 2.24) is 0 Å². The molecule has 5 fully saturated rings. The molecular weight excluding hydrogens is 376 g/mol. The van der Waals surface area contributed by atoms with E-state index in [9.17, 15) is 5.11 Å². The predicted octanol–water partition coefficient (Wildman–Crippen LogP) is 8.25. The van der Waals surface area contributed by atoms with Crippen LogP contribution >= 0.6 is 0 Å². The molecule has 0 aromatic heterocycles. The molecule has 0 heterocycles. The van der Waals surface area contributed by atoms with Gasteiger partial charge in [0.15, 0.2) is 0 Å². The maximum Gasteiger partial charge on any atom is 0.0579 e. The lowest BCUT2D eigenvalue weighted by atomic mass is 9.30. The molecule has 0 aliphatic heterocycles. The topological polar surface area (TPSA) is 20.2 Å². The summed E-state index contributed by atoms with van der Waals surface area (Å²) in [6.45, 7) is 20.9. The number of aliphatic hydroxyl groups is 1. The van der Waals surface area contributed by atoms with E-state index in [0.29, 0.717) is 38.4 Å². The SMILES string of the molecule is C[C@H]1CC[C@H](O)[C@@H]2[C@]1(C)CC[C@H]1[C@@]2(C)CC[C@@]2(C)[C@@H]3CC(C)(C)CC[C@]3(C)CC[C@]12C. The first-order valence-corrected chi connectivity index (χ1v) is 13.9. The van der Waals surface area contributed by atoms with Crippen molar-refractivity contribution < 1.29 is 5.11 Å². The summed E-state index contributed by atoms with van der Waals surface area (Å²) in [5.74, 6) is 2.91. The van der Waals surface area contributed by atoms with Crippen LogP contribution in [0.3, 0.4) is 0 Å². The van der Waals surface area contributed by atoms with Crippen molar-refractivity contribution in [3.8, 4) is 0 Å². The molecule has 5 rings (SSSR count). The highest BCUT2D eigenvalue weighted by atomic mass is 16.3. The Morgan fingerprint density at radius 2 is 1.23 bits per heavy atom. The van der Waals surface area contributed by atoms with Crippen molar-refractivity contribution >= 4 is 0 Å². The van der Waals surface area contributed by atoms with Crippen LogP contribution < -0.4 is 0 Å². The van der Waals surface area contributed by atoms with E-state index in [0.717, 1.165) is 24.2 Å². The van der Waals surface area contributed by atoms with E-state index in [1.165, 1.54) is 64.2 Å². The van der Waals surface area contributed by atoms with E-state index in [1.807, 2.05) is 0 Å². The summed E-state index contributed by atoms with van der Waals surface area (Å²) < 4.78 is 0. The Hall–Kier alpha value is -0.0400. The largest absolute Gasteiger partial charge is 0.393 e. The molecule has 0 radical (unpaired) electrons. The van der Waals surface area contributed by atoms with Crippen molar-refractivity contribution in [2.24, 2.45) is 56.2 Å². The van der Waals surface area contributed by atoms with Crippen LogP contribution in [0.5, 0.6) is 0 Å². The summed E-state index contributed by atoms with van der Waals surface area (Å²) in [6.07, 6.45) is 14.8. The molecule has 0 amide bonds. The van der Waals surface area contributed by atoms with Gasteiger partial charge in [0.2, 0.25) is 0 Å². The smallest absolute Gasteiger partial charge is 0.0579 e. The first-order chi connectivity index (χ1) is 14.2. The Morgan fingerprint density at radius 3 is 1.94 bits per heavy atom. The van der Waals surface area contributed by atoms with Gasteiger partial charge in [0.1, 0.15) is 0 Å². The predicted molar refractivity (Wildman–Crippen MR) is 131 cm³/mol. The Morgan fingerprint density at radius 1 is 0.613 bits per heavy atom. The second kappa shape index (κ2) is 6.55. The van der Waals surface area contributed by atoms with Gasteiger partial charge in [-0.2, -0.15) is 0 Å². The van der Waals surface area contributed by atoms with Crippen LogP contribution in [0.25, 0.3) is 0 Å². The summed E-state index contributed by atoms with van der Waals surface area (Å²) >= 11 is 0. The Bertz CT molecular complexity index is 741. The van der Waals surface area contributed by atoms with Crippen LogP contribution in [0.4, 0.5) is 0 Å². The molecule has 0 unspecified atom stereocenters. The molecule has 5 aliphatic carbocycles. The zero-order chi connectivity index (χ0) is 22.7. The molecule has 0 aromatic rings. The van der Waals surface area contributed by atoms with Crippen LogP contribution in [0, 0.1) is 56.2 Å². The fraction of sp³-hybridized carbons (Fsp3) is 1.00. The highest BCUT2D eigenvalue weighted by Crippen LogP contribution is 2.78. The van der Waals surface area contributed by atoms with Crippen molar-refractivity contribution in [1.29, 1.82) is 0 Å². The van der Waals surface area contributed by atoms with Gasteiger partial charge >= 0.3 is 0 Å². The van der Waals surface area contributed by atoms with Gasteiger partial charge in [-0.1, -0.05) is 55.4 Å². The normalized spacial score (nSPS) is 60.9. The highest BCUT2D eigenvalue weighted by Gasteiger charge is 2.71. The zero-order valence-corrected chi connectivity index (χ0v) is 22.1. The molecule has 0 saturated heterocycles. The zero-order valence-electron chi connectivity index (χ0n) is 22.1. The summed E-state index contributed by atoms with van der Waals surface area (Å²) in [6, 6.07) is 0. The summed E-state index contributed by atoms with van der Waals surface area (Å²) in [7, 11) is 0. The van der Waals surface area contributed by atoms with Crippen LogP contribution in [-0.2, 0) is 0 Å². The molecule has 1 nitrogen and oxygen atoms in total. The minimum atomic E-state index is -0.0792. The average Bonchev–Trinajstić information content (AvgIpc) is 2.68. The van der Waals surface area contributed by atoms with Gasteiger partial charge in [-0.05, 0) is 127 Å². The fourth-order valence-corrected chi connectivity index (χ4v) is 11.4. The minimum Gasteiger partial charge on any atom is -0.393 e. The van der Waals surface area contributed by atoms with Crippen molar-refractivity contribution in [3.05, 3.63) is 0 Å². The highest BCUT2D eigenvalue weighted by molar-refractivity contribution is 5.20. The molecule has 5 aliphatic rings. The van der Waals surface area contributed by atoms with Gasteiger partial charge in [0, 0.05) is 0 Å². The standard InChI is InChI=1S/C30H52O/c1-20-9-10-21(31)24-27(20,5)12-11-22-28(24,6)16-18-30(8)23-19-25(2,3)13-14-26(23,4)15-17-29(22,30)7/h20-24,31H,9-19H2,1-8H3/t20-,21-,22-,23+,24+,26+,27+,28+,29+,30-/m0/s1. The molecule has 10 atom stereocenters. The van der Waals surface area contributed by atoms with Crippen LogP contribution in [-0.4, -0.2) is 11.2 Å². The van der Waals surface area contributed by atoms with Gasteiger partial charge < -0.3 is 5.11 Å². The van der Waals surface area contributed by atoms with Gasteiger partial charge in [0.05, 0.1) is 6.10 Å². The van der Waals surface area contributed by atoms with Crippen molar-refractivity contribution in [2.45, 2.75) is 132 Å². The molecule has 1 N–H and O–H groups in total. The maximum atomic E-state index is 11.4. The van der Waals surface area contributed by atoms with Crippen molar-refractivity contribution in [2.75, 3.05) is 0 Å². The fourth-order valence-electron chi connectivity index (χ4n) is 11.4. The number of rotatable bonds is 0. The monoisotopic (exact) mass is 428 g/mol. The average molecular weight is 429 g/mol. The van der Waals surface area contributed by atoms with E-state index in [-0.39, 0.29) is 6.10 Å². The van der Waals surface area contributed by atoms with Crippen LogP contribution in [0.1, 0.15) is 126 Å². The molecule has 1 heteroatoms. The molecule has 5 saturated carbocycles. The third-order valence-corrected chi connectivity index (χ3v) is 13.8. The Kier molecular flexibility index (Phi) is 4.80. The lowest BCUT2D eigenvalue weighted by Gasteiger charge is -2.75. The Balaban J connectivity index is 1.56. The van der Waals surface area contributed by atoms with E-state index in [2.05, 4.69) is 55.4 Å². The summed E-state index contributed by atoms with van der Waals surface area (Å²) in [5, 5.41) is 11.4. The minimum absolute atomic E-state index is 0.0792. The molecule has 0 bridgehead atoms. The van der Waals surface area contributed by atoms with Gasteiger partial charge in [-0.3, -0.25) is 0 Å². The summed E-state index contributed by atoms with van der Waals surface area (Å²) in [4.78, 5) is 0. The van der Waals surface area contributed by atoms with Gasteiger partial charge in [-0.25, -0.2) is 0 Å². The van der Waals surface area contributed by atoms with E-state index < -0.39 is 0 Å². The van der Waals surface area contributed by atoms with E-state index in [4.69, 9.17) is 0 Å². The second-order valence-electron chi connectivity index (χ2n) is 15.5. The molecule has 31 heavy (non-hydrogen) atoms. The number of fused-ring (bicyclic) bond motifs is 7. The molecule has 0 spiro atoms. The lowest BCUT2D eigenvalue weighted by molar-refractivity contribution is -0.271. The number of aliphatic hydroxyl groups excluding tert-OH is 1. The third-order valence-electron chi connectivity index (χ3n) is 13.8. The molecular formula is C30H52O. The van der Waals surface area contributed by atoms with E-state index >= 15 is 0 Å². The van der Waals surface area contributed by atoms with E-state index in [1.54, 1.807) is 0 Å². The number of hydrogen-bond donors (Lipinski definition) is 1. The molecule has 0 aromatic carbocycles. The second-order valence-corrected chi connectivity index (χ2v) is 15.5. The first-order valence-electron chi connectivity index (χ1n) is 13.9. The van der Waals surface area contributed by atoms with Crippen LogP contribution in [0.2, 0.25) is 0 Å². The molecule has 178 valence electrons. The lowest BCUT2D eigenvalue weighted by Crippen LogP contribution is -2.68. The third kappa shape index (κ3) is 2.77. The first kappa shape index (κ1) is 22.7. The van der Waals surface area contributed by atoms with Gasteiger partial charge in [-0.15, -0.1) is 0 Å². The van der Waals surface area contributed by atoms with Gasteiger partial charge in [0.25, 0.3) is 0 Å². The maximum absolute atomic E-state index is 11.4. The van der Waals surface area contributed by atoms with Crippen LogP contribution in [0.15, 0.2) is 0 Å². The van der Waals surface area contributed by atoms with Crippen molar-refractivity contribution in [3.63, 3.8) is 0 Å².